The largest absolute Gasteiger partial charge is 0.489 e. The molecule has 146 valence electrons. The fraction of sp³-hybridized carbons (Fsp3) is 0.0476. The Balaban J connectivity index is 1.54. The van der Waals surface area contributed by atoms with E-state index in [1.165, 1.54) is 18.3 Å². The fourth-order valence-corrected chi connectivity index (χ4v) is 2.66. The van der Waals surface area contributed by atoms with Crippen LogP contribution in [0.3, 0.4) is 0 Å². The Morgan fingerprint density at radius 2 is 1.83 bits per heavy atom. The topological polar surface area (TPSA) is 93.8 Å². The summed E-state index contributed by atoms with van der Waals surface area (Å²) in [6.07, 6.45) is 1.35. The molecule has 0 aliphatic rings. The van der Waals surface area contributed by atoms with Crippen molar-refractivity contribution in [3.8, 4) is 5.75 Å². The monoisotopic (exact) mass is 453 g/mol. The van der Waals surface area contributed by atoms with Gasteiger partial charge in [0.15, 0.2) is 0 Å². The first kappa shape index (κ1) is 20.2. The number of non-ortho nitro benzene ring substituents is 1. The van der Waals surface area contributed by atoms with Crippen LogP contribution in [0.2, 0.25) is 0 Å². The molecule has 0 saturated heterocycles. The maximum absolute atomic E-state index is 12.2. The van der Waals surface area contributed by atoms with Crippen LogP contribution in [0.4, 0.5) is 5.69 Å². The lowest BCUT2D eigenvalue weighted by Gasteiger charge is -2.07. The molecule has 0 spiro atoms. The molecular formula is C21H16BrN3O4. The summed E-state index contributed by atoms with van der Waals surface area (Å²) >= 11 is 3.39. The second kappa shape index (κ2) is 9.61. The fourth-order valence-electron chi connectivity index (χ4n) is 2.40. The first-order valence-corrected chi connectivity index (χ1v) is 9.36. The molecule has 0 aliphatic carbocycles. The van der Waals surface area contributed by atoms with Crippen molar-refractivity contribution in [2.45, 2.75) is 6.61 Å². The summed E-state index contributed by atoms with van der Waals surface area (Å²) < 4.78 is 6.71. The zero-order valence-electron chi connectivity index (χ0n) is 15.1. The number of nitro benzene ring substituents is 1. The predicted molar refractivity (Wildman–Crippen MR) is 113 cm³/mol. The smallest absolute Gasteiger partial charge is 0.271 e. The van der Waals surface area contributed by atoms with Gasteiger partial charge in [0.05, 0.1) is 11.1 Å². The summed E-state index contributed by atoms with van der Waals surface area (Å²) in [5.74, 6) is 0.246. The van der Waals surface area contributed by atoms with Crippen LogP contribution in [0.1, 0.15) is 21.5 Å². The first-order chi connectivity index (χ1) is 14.0. The molecule has 0 heterocycles. The van der Waals surface area contributed by atoms with Gasteiger partial charge >= 0.3 is 0 Å². The van der Waals surface area contributed by atoms with E-state index in [0.29, 0.717) is 23.5 Å². The number of hydrogen-bond acceptors (Lipinski definition) is 5. The highest BCUT2D eigenvalue weighted by Gasteiger charge is 2.06. The highest BCUT2D eigenvalue weighted by atomic mass is 79.9. The van der Waals surface area contributed by atoms with E-state index in [1.807, 2.05) is 24.3 Å². The van der Waals surface area contributed by atoms with Crippen molar-refractivity contribution >= 4 is 33.7 Å². The Hall–Kier alpha value is -3.52. The molecule has 3 aromatic rings. The Morgan fingerprint density at radius 1 is 1.10 bits per heavy atom. The van der Waals surface area contributed by atoms with Crippen molar-refractivity contribution in [2.75, 3.05) is 0 Å². The van der Waals surface area contributed by atoms with Crippen molar-refractivity contribution in [2.24, 2.45) is 5.10 Å². The molecule has 0 aromatic heterocycles. The van der Waals surface area contributed by atoms with Crippen molar-refractivity contribution in [1.29, 1.82) is 0 Å². The number of carbonyl (C=O) groups excluding carboxylic acids is 1. The Kier molecular flexibility index (Phi) is 6.70. The Labute approximate surface area is 175 Å². The van der Waals surface area contributed by atoms with E-state index in [9.17, 15) is 14.9 Å². The lowest BCUT2D eigenvalue weighted by Crippen LogP contribution is -2.17. The Bertz CT molecular complexity index is 1030. The second-order valence-corrected chi connectivity index (χ2v) is 6.91. The van der Waals surface area contributed by atoms with Gasteiger partial charge in [-0.3, -0.25) is 14.9 Å². The third kappa shape index (κ3) is 5.98. The van der Waals surface area contributed by atoms with Crippen molar-refractivity contribution in [3.05, 3.63) is 104 Å². The van der Waals surface area contributed by atoms with E-state index in [2.05, 4.69) is 26.5 Å². The molecule has 0 radical (unpaired) electrons. The SMILES string of the molecule is O=C(N/N=C/c1cccc([N+](=O)[O-])c1)c1ccc(OCc2ccc(Br)cc2)cc1. The standard InChI is InChI=1S/C21H16BrN3O4/c22-18-8-4-15(5-9-18)14-29-20-10-6-17(7-11-20)21(26)24-23-13-16-2-1-3-19(12-16)25(27)28/h1-13H,14H2,(H,24,26)/b23-13+. The van der Waals surface area contributed by atoms with Gasteiger partial charge in [-0.25, -0.2) is 5.43 Å². The summed E-state index contributed by atoms with van der Waals surface area (Å²) in [7, 11) is 0. The molecule has 0 aliphatic heterocycles. The van der Waals surface area contributed by atoms with E-state index in [1.54, 1.807) is 36.4 Å². The van der Waals surface area contributed by atoms with Gasteiger partial charge in [0, 0.05) is 27.7 Å². The number of carbonyl (C=O) groups is 1. The molecule has 1 N–H and O–H groups in total. The number of benzene rings is 3. The second-order valence-electron chi connectivity index (χ2n) is 5.99. The number of hydrazone groups is 1. The van der Waals surface area contributed by atoms with Crippen LogP contribution in [0.25, 0.3) is 0 Å². The van der Waals surface area contributed by atoms with Crippen LogP contribution in [0.15, 0.2) is 82.4 Å². The van der Waals surface area contributed by atoms with Gasteiger partial charge in [-0.05, 0) is 42.0 Å². The van der Waals surface area contributed by atoms with E-state index < -0.39 is 10.8 Å². The predicted octanol–water partition coefficient (Wildman–Crippen LogP) is 4.70. The molecule has 1 amide bonds. The van der Waals surface area contributed by atoms with Gasteiger partial charge in [-0.1, -0.05) is 40.2 Å². The number of hydrogen-bond donors (Lipinski definition) is 1. The average Bonchev–Trinajstić information content (AvgIpc) is 2.74. The number of nitrogens with one attached hydrogen (secondary N) is 1. The number of halogens is 1. The van der Waals surface area contributed by atoms with Gasteiger partial charge in [0.25, 0.3) is 11.6 Å². The summed E-state index contributed by atoms with van der Waals surface area (Å²) in [4.78, 5) is 22.4. The maximum atomic E-state index is 12.2. The van der Waals surface area contributed by atoms with Crippen LogP contribution < -0.4 is 10.2 Å². The minimum atomic E-state index is -0.490. The lowest BCUT2D eigenvalue weighted by atomic mass is 10.2. The Morgan fingerprint density at radius 3 is 2.52 bits per heavy atom. The van der Waals surface area contributed by atoms with Gasteiger partial charge in [0.1, 0.15) is 12.4 Å². The molecule has 3 aromatic carbocycles. The molecule has 0 bridgehead atoms. The molecule has 29 heavy (non-hydrogen) atoms. The lowest BCUT2D eigenvalue weighted by molar-refractivity contribution is -0.384. The maximum Gasteiger partial charge on any atom is 0.271 e. The molecule has 3 rings (SSSR count). The molecular weight excluding hydrogens is 438 g/mol. The summed E-state index contributed by atoms with van der Waals surface area (Å²) in [5, 5.41) is 14.6. The number of nitrogens with zero attached hydrogens (tertiary/aromatic N) is 2. The van der Waals surface area contributed by atoms with Gasteiger partial charge in [0.2, 0.25) is 0 Å². The van der Waals surface area contributed by atoms with Gasteiger partial charge in [-0.2, -0.15) is 5.10 Å². The molecule has 7 nitrogen and oxygen atoms in total. The summed E-state index contributed by atoms with van der Waals surface area (Å²) in [6.45, 7) is 0.423. The highest BCUT2D eigenvalue weighted by Crippen LogP contribution is 2.16. The summed E-state index contributed by atoms with van der Waals surface area (Å²) in [5.41, 5.74) is 4.31. The van der Waals surface area contributed by atoms with E-state index >= 15 is 0 Å². The van der Waals surface area contributed by atoms with Crippen LogP contribution >= 0.6 is 15.9 Å². The number of amides is 1. The van der Waals surface area contributed by atoms with E-state index in [-0.39, 0.29) is 5.69 Å². The van der Waals surface area contributed by atoms with Crippen LogP contribution in [0, 0.1) is 10.1 Å². The molecule has 0 saturated carbocycles. The third-order valence-corrected chi connectivity index (χ3v) is 4.42. The van der Waals surface area contributed by atoms with Crippen LogP contribution in [0.5, 0.6) is 5.75 Å². The number of ether oxygens (including phenoxy) is 1. The minimum Gasteiger partial charge on any atom is -0.489 e. The van der Waals surface area contributed by atoms with Crippen LogP contribution in [-0.4, -0.2) is 17.0 Å². The highest BCUT2D eigenvalue weighted by molar-refractivity contribution is 9.10. The van der Waals surface area contributed by atoms with E-state index in [4.69, 9.17) is 4.74 Å². The molecule has 0 fully saturated rings. The number of nitro groups is 1. The van der Waals surface area contributed by atoms with Crippen molar-refractivity contribution in [1.82, 2.24) is 5.43 Å². The quantitative estimate of drug-likeness (QED) is 0.318. The summed E-state index contributed by atoms with van der Waals surface area (Å²) in [6, 6.07) is 20.5. The third-order valence-electron chi connectivity index (χ3n) is 3.90. The minimum absolute atomic E-state index is 0.0426. The zero-order valence-corrected chi connectivity index (χ0v) is 16.7. The average molecular weight is 454 g/mol. The normalized spacial score (nSPS) is 10.7. The first-order valence-electron chi connectivity index (χ1n) is 8.56. The van der Waals surface area contributed by atoms with Gasteiger partial charge < -0.3 is 4.74 Å². The van der Waals surface area contributed by atoms with Crippen molar-refractivity contribution < 1.29 is 14.5 Å². The molecule has 0 atom stereocenters. The molecule has 8 heteroatoms. The van der Waals surface area contributed by atoms with Gasteiger partial charge in [-0.15, -0.1) is 0 Å². The van der Waals surface area contributed by atoms with Crippen LogP contribution in [-0.2, 0) is 6.61 Å². The number of rotatable bonds is 7. The zero-order chi connectivity index (χ0) is 20.6. The molecule has 0 unspecified atom stereocenters. The van der Waals surface area contributed by atoms with E-state index in [0.717, 1.165) is 10.0 Å². The van der Waals surface area contributed by atoms with Crippen molar-refractivity contribution in [3.63, 3.8) is 0 Å².